The number of quaternary nitrogens is 2. The van der Waals surface area contributed by atoms with E-state index in [1.807, 2.05) is 84.7 Å². The fourth-order valence-corrected chi connectivity index (χ4v) is 12.8. The summed E-state index contributed by atoms with van der Waals surface area (Å²) in [5.74, 6) is -5.07. The molecule has 2 N–H and O–H groups in total. The van der Waals surface area contributed by atoms with Crippen molar-refractivity contribution < 1.29 is 89.1 Å². The molecule has 15 nitrogen and oxygen atoms in total. The molecule has 0 spiro atoms. The molecule has 2 saturated carbocycles. The average molecular weight is 1180 g/mol. The number of halogens is 6. The molecular formula is C60H78F6N4O11S. The minimum absolute atomic E-state index is 0.0668. The number of carboxylic acid groups (broad SMARTS) is 2. The number of carbonyl (C=O) groups is 4. The molecule has 3 aliphatic carbocycles. The van der Waals surface area contributed by atoms with Crippen molar-refractivity contribution in [1.82, 2.24) is 9.55 Å². The van der Waals surface area contributed by atoms with Gasteiger partial charge in [0.25, 0.3) is 0 Å². The Hall–Kier alpha value is -5.68. The van der Waals surface area contributed by atoms with E-state index in [9.17, 15) is 46.1 Å². The Morgan fingerprint density at radius 3 is 1.51 bits per heavy atom. The van der Waals surface area contributed by atoms with Gasteiger partial charge in [0.05, 0.1) is 46.9 Å². The van der Waals surface area contributed by atoms with Crippen LogP contribution in [0.25, 0.3) is 0 Å². The van der Waals surface area contributed by atoms with Crippen molar-refractivity contribution in [2.75, 3.05) is 65.7 Å². The second-order valence-electron chi connectivity index (χ2n) is 22.8. The van der Waals surface area contributed by atoms with Crippen LogP contribution in [0.15, 0.2) is 96.4 Å². The lowest BCUT2D eigenvalue weighted by Crippen LogP contribution is -2.47. The first kappa shape index (κ1) is 65.5. The topological polar surface area (TPSA) is 200 Å². The van der Waals surface area contributed by atoms with E-state index in [-0.39, 0.29) is 24.0 Å². The second kappa shape index (κ2) is 29.2. The van der Waals surface area contributed by atoms with E-state index in [1.54, 1.807) is 11.8 Å². The van der Waals surface area contributed by atoms with Crippen molar-refractivity contribution in [3.63, 3.8) is 0 Å². The zero-order chi connectivity index (χ0) is 59.8. The number of ether oxygens (including phenoxy) is 3. The van der Waals surface area contributed by atoms with Gasteiger partial charge in [0, 0.05) is 62.7 Å². The molecule has 2 saturated heterocycles. The van der Waals surface area contributed by atoms with Crippen LogP contribution in [-0.2, 0) is 59.7 Å². The number of likely N-dealkylation sites (tertiary alicyclic amines) is 2. The highest BCUT2D eigenvalue weighted by Gasteiger charge is 2.51. The summed E-state index contributed by atoms with van der Waals surface area (Å²) in [5.41, 5.74) is 1.18. The van der Waals surface area contributed by atoms with Gasteiger partial charge in [-0.05, 0) is 85.8 Å². The number of aromatic nitrogens is 2. The maximum absolute atomic E-state index is 13.4. The number of carbonyl (C=O) groups excluding carboxylic acids is 4. The molecule has 6 atom stereocenters. The summed E-state index contributed by atoms with van der Waals surface area (Å²) < 4.78 is 85.0. The van der Waals surface area contributed by atoms with Crippen LogP contribution in [0.1, 0.15) is 112 Å². The van der Waals surface area contributed by atoms with Gasteiger partial charge in [0.15, 0.2) is 28.6 Å². The number of esters is 2. The Balaban J connectivity index is 0.000000215. The van der Waals surface area contributed by atoms with Crippen LogP contribution in [0.5, 0.6) is 5.75 Å². The molecule has 0 amide bonds. The second-order valence-corrected chi connectivity index (χ2v) is 23.9. The SMILES string of the molecule is C[N+]1(CCCOc2ccc3c(c2)CCCC3)CCC(OC(=O)C(O)(c2ccccc2)C2CCCC2)C1.Cn1ccnc1SCCC[N+]1(C)CCC(OC(=O)C(O)(c2ccccc2)C2CCCC2)C1.O=C([O-])C(F)(F)F.O=C([O-])C(F)(F)F. The molecular weight excluding hydrogens is 1100 g/mol. The quantitative estimate of drug-likeness (QED) is 0.0326. The zero-order valence-electron chi connectivity index (χ0n) is 47.0. The number of aliphatic carboxylic acids is 2. The number of rotatable bonds is 18. The lowest BCUT2D eigenvalue weighted by molar-refractivity contribution is -0.899. The number of hydrogen-bond donors (Lipinski definition) is 2. The third-order valence-electron chi connectivity index (χ3n) is 16.5. The zero-order valence-corrected chi connectivity index (χ0v) is 47.8. The van der Waals surface area contributed by atoms with Crippen molar-refractivity contribution in [2.24, 2.45) is 18.9 Å². The molecule has 82 heavy (non-hydrogen) atoms. The van der Waals surface area contributed by atoms with E-state index >= 15 is 0 Å². The minimum atomic E-state index is -5.19. The first-order valence-electron chi connectivity index (χ1n) is 28.3. The van der Waals surface area contributed by atoms with Crippen molar-refractivity contribution in [2.45, 2.75) is 144 Å². The molecule has 452 valence electrons. The van der Waals surface area contributed by atoms with Gasteiger partial charge in [-0.1, -0.05) is 104 Å². The molecule has 0 radical (unpaired) electrons. The Morgan fingerprint density at radius 2 is 1.09 bits per heavy atom. The van der Waals surface area contributed by atoms with Crippen LogP contribution < -0.4 is 14.9 Å². The molecule has 4 fully saturated rings. The van der Waals surface area contributed by atoms with Gasteiger partial charge < -0.3 is 57.8 Å². The molecule has 0 bridgehead atoms. The lowest BCUT2D eigenvalue weighted by Gasteiger charge is -2.33. The van der Waals surface area contributed by atoms with Gasteiger partial charge in [-0.3, -0.25) is 0 Å². The number of carboxylic acids is 2. The third-order valence-corrected chi connectivity index (χ3v) is 17.6. The highest BCUT2D eigenvalue weighted by atomic mass is 32.2. The van der Waals surface area contributed by atoms with E-state index < -0.39 is 47.4 Å². The number of likely N-dealkylation sites (N-methyl/N-ethyl adjacent to an activating group) is 2. The van der Waals surface area contributed by atoms with Gasteiger partial charge in [-0.2, -0.15) is 26.3 Å². The monoisotopic (exact) mass is 1180 g/mol. The van der Waals surface area contributed by atoms with E-state index in [0.29, 0.717) is 17.7 Å². The summed E-state index contributed by atoms with van der Waals surface area (Å²) in [6, 6.07) is 25.4. The van der Waals surface area contributed by atoms with E-state index in [0.717, 1.165) is 142 Å². The number of hydrogen-bond acceptors (Lipinski definition) is 13. The van der Waals surface area contributed by atoms with Crippen molar-refractivity contribution in [3.05, 3.63) is 114 Å². The third kappa shape index (κ3) is 18.2. The van der Waals surface area contributed by atoms with Crippen LogP contribution in [0.4, 0.5) is 26.3 Å². The summed E-state index contributed by atoms with van der Waals surface area (Å²) in [7, 11) is 6.51. The highest BCUT2D eigenvalue weighted by Crippen LogP contribution is 2.44. The van der Waals surface area contributed by atoms with Crippen LogP contribution in [0.2, 0.25) is 0 Å². The summed E-state index contributed by atoms with van der Waals surface area (Å²) in [6.45, 7) is 6.32. The fourth-order valence-electron chi connectivity index (χ4n) is 12.0. The lowest BCUT2D eigenvalue weighted by atomic mass is 9.80. The first-order chi connectivity index (χ1) is 38.8. The molecule has 5 aliphatic rings. The number of aliphatic hydroxyl groups is 2. The van der Waals surface area contributed by atoms with Crippen molar-refractivity contribution >= 4 is 35.6 Å². The molecule has 4 aromatic rings. The maximum Gasteiger partial charge on any atom is 0.430 e. The summed E-state index contributed by atoms with van der Waals surface area (Å²) in [6.07, 6.45) is 9.49. The fraction of sp³-hybridized carbons (Fsp3) is 0.583. The number of imidazole rings is 1. The predicted octanol–water partition coefficient (Wildman–Crippen LogP) is 7.51. The van der Waals surface area contributed by atoms with Gasteiger partial charge in [0.1, 0.15) is 30.8 Å². The van der Waals surface area contributed by atoms with Crippen molar-refractivity contribution in [1.29, 1.82) is 0 Å². The number of fused-ring (bicyclic) bond motifs is 1. The summed E-state index contributed by atoms with van der Waals surface area (Å²) in [4.78, 5) is 48.7. The molecule has 3 aromatic carbocycles. The van der Waals surface area contributed by atoms with Gasteiger partial charge in [0.2, 0.25) is 0 Å². The smallest absolute Gasteiger partial charge is 0.430 e. The van der Waals surface area contributed by atoms with Gasteiger partial charge in [-0.25, -0.2) is 14.6 Å². The van der Waals surface area contributed by atoms with Gasteiger partial charge in [-0.15, -0.1) is 0 Å². The van der Waals surface area contributed by atoms with Crippen LogP contribution in [-0.4, -0.2) is 143 Å². The van der Waals surface area contributed by atoms with E-state index in [1.165, 1.54) is 36.8 Å². The average Bonchev–Trinajstić information content (AvgIpc) is 3.35. The van der Waals surface area contributed by atoms with Crippen LogP contribution in [0, 0.1) is 11.8 Å². The minimum Gasteiger partial charge on any atom is -0.542 e. The molecule has 1 aromatic heterocycles. The molecule has 3 heterocycles. The van der Waals surface area contributed by atoms with Crippen LogP contribution in [0.3, 0.4) is 0 Å². The number of aryl methyl sites for hydroxylation is 3. The largest absolute Gasteiger partial charge is 0.542 e. The number of thioether (sulfide) groups is 1. The predicted molar refractivity (Wildman–Crippen MR) is 289 cm³/mol. The van der Waals surface area contributed by atoms with Crippen molar-refractivity contribution in [3.8, 4) is 5.75 Å². The highest BCUT2D eigenvalue weighted by molar-refractivity contribution is 7.99. The Labute approximate surface area is 480 Å². The Bertz CT molecular complexity index is 2670. The normalized spacial score (nSPS) is 23.3. The number of nitrogens with zero attached hydrogens (tertiary/aromatic N) is 4. The molecule has 22 heteroatoms. The molecule has 9 rings (SSSR count). The molecule has 6 unspecified atom stereocenters. The van der Waals surface area contributed by atoms with E-state index in [2.05, 4.69) is 37.3 Å². The molecule has 2 aliphatic heterocycles. The number of benzene rings is 3. The van der Waals surface area contributed by atoms with Crippen LogP contribution >= 0.6 is 11.8 Å². The van der Waals surface area contributed by atoms with E-state index in [4.69, 9.17) is 34.0 Å². The Morgan fingerprint density at radius 1 is 0.646 bits per heavy atom. The summed E-state index contributed by atoms with van der Waals surface area (Å²) in [5, 5.41) is 42.0. The standard InChI is InChI=1S/C31H42NO4.C25H36N3O3S.2C2HF3O2/c1-32(19-9-21-35-28-17-16-24-10-5-6-11-25(24)22-28)20-18-29(23-32)36-30(33)31(34,27-14-7-8-15-27)26-12-3-2-4-13-26;1-27-15-14-26-24(27)32-18-8-16-28(2)17-13-22(19-28)31-23(29)25(30,21-11-6-7-12-21)20-9-4-3-5-10-20;2*3-2(4,5)1(6)7/h2-4,12-13,16-17,22,27,29,34H,5-11,14-15,18-21,23H2,1H3;3-5,9-10,14-15,21-22,30H,6-8,11-13,16-19H2,1-2H3;2*(H,6,7)/q2*+1;;/p-2. The van der Waals surface area contributed by atoms with Gasteiger partial charge >= 0.3 is 24.3 Å². The first-order valence-corrected chi connectivity index (χ1v) is 29.3. The number of alkyl halides is 6. The summed E-state index contributed by atoms with van der Waals surface area (Å²) >= 11 is 1.79. The maximum atomic E-state index is 13.4. The Kier molecular flexibility index (Phi) is 23.3.